The molecule has 2 unspecified atom stereocenters. The molecule has 7 heteroatoms. The minimum absolute atomic E-state index is 0.0573. The van der Waals surface area contributed by atoms with Gasteiger partial charge in [0.05, 0.1) is 23.9 Å². The molecule has 0 radical (unpaired) electrons. The van der Waals surface area contributed by atoms with Crippen molar-refractivity contribution >= 4 is 23.0 Å². The Morgan fingerprint density at radius 3 is 2.50 bits per heavy atom. The van der Waals surface area contributed by atoms with E-state index in [1.54, 1.807) is 0 Å². The van der Waals surface area contributed by atoms with Gasteiger partial charge in [-0.25, -0.2) is 0 Å². The molecule has 36 heavy (non-hydrogen) atoms. The molecule has 4 heterocycles. The standard InChI is InChI=1S/C29H31N5OS/c1-19(2)35-24-12-10-23(11-13-24)34-28(27(32-29(34)36)26-9-5-6-15-31-26)25-16-20(3)33(21(25)4)18-22-8-7-14-30-17-22/h5-17,19,27-28H,18H2,1-4H3,(H,32,36). The Morgan fingerprint density at radius 2 is 1.83 bits per heavy atom. The van der Waals surface area contributed by atoms with E-state index in [9.17, 15) is 0 Å². The van der Waals surface area contributed by atoms with Gasteiger partial charge in [0.2, 0.25) is 0 Å². The monoisotopic (exact) mass is 497 g/mol. The van der Waals surface area contributed by atoms with Crippen molar-refractivity contribution in [1.82, 2.24) is 19.9 Å². The van der Waals surface area contributed by atoms with Gasteiger partial charge in [0.15, 0.2) is 5.11 Å². The lowest BCUT2D eigenvalue weighted by molar-refractivity contribution is 0.242. The van der Waals surface area contributed by atoms with Crippen molar-refractivity contribution < 1.29 is 4.74 Å². The fraction of sp³-hybridized carbons (Fsp3) is 0.276. The molecule has 6 nitrogen and oxygen atoms in total. The molecule has 184 valence electrons. The van der Waals surface area contributed by atoms with Crippen LogP contribution in [0.3, 0.4) is 0 Å². The first-order chi connectivity index (χ1) is 17.4. The number of benzene rings is 1. The number of pyridine rings is 2. The third-order valence-corrected chi connectivity index (χ3v) is 6.89. The number of nitrogens with one attached hydrogen (secondary N) is 1. The molecule has 0 spiro atoms. The fourth-order valence-electron chi connectivity index (χ4n) is 4.95. The van der Waals surface area contributed by atoms with E-state index in [1.165, 1.54) is 22.5 Å². The topological polar surface area (TPSA) is 55.2 Å². The summed E-state index contributed by atoms with van der Waals surface area (Å²) in [4.78, 5) is 11.2. The number of nitrogens with zero attached hydrogens (tertiary/aromatic N) is 4. The van der Waals surface area contributed by atoms with Crippen LogP contribution in [0.15, 0.2) is 79.3 Å². The van der Waals surface area contributed by atoms with Crippen LogP contribution in [0.4, 0.5) is 5.69 Å². The van der Waals surface area contributed by atoms with Crippen molar-refractivity contribution in [2.45, 2.75) is 52.4 Å². The summed E-state index contributed by atoms with van der Waals surface area (Å²) in [5, 5.41) is 4.25. The van der Waals surface area contributed by atoms with Crippen LogP contribution >= 0.6 is 12.2 Å². The molecule has 0 bridgehead atoms. The van der Waals surface area contributed by atoms with Gasteiger partial charge in [-0.1, -0.05) is 12.1 Å². The molecular weight excluding hydrogens is 466 g/mol. The van der Waals surface area contributed by atoms with Crippen LogP contribution in [0, 0.1) is 13.8 Å². The van der Waals surface area contributed by atoms with Gasteiger partial charge in [-0.2, -0.15) is 0 Å². The van der Waals surface area contributed by atoms with Crippen molar-refractivity contribution in [2.75, 3.05) is 4.90 Å². The molecule has 1 aliphatic heterocycles. The van der Waals surface area contributed by atoms with E-state index in [-0.39, 0.29) is 18.2 Å². The third-order valence-electron chi connectivity index (χ3n) is 6.58. The van der Waals surface area contributed by atoms with Crippen molar-refractivity contribution in [3.05, 3.63) is 107 Å². The molecule has 0 aliphatic carbocycles. The fourth-order valence-corrected chi connectivity index (χ4v) is 5.30. The van der Waals surface area contributed by atoms with Crippen LogP contribution < -0.4 is 15.0 Å². The Hall–Kier alpha value is -3.71. The van der Waals surface area contributed by atoms with Gasteiger partial charge < -0.3 is 19.5 Å². The van der Waals surface area contributed by atoms with Gasteiger partial charge in [0.25, 0.3) is 0 Å². The van der Waals surface area contributed by atoms with Crippen LogP contribution in [0.5, 0.6) is 5.75 Å². The smallest absolute Gasteiger partial charge is 0.174 e. The summed E-state index contributed by atoms with van der Waals surface area (Å²) in [6.07, 6.45) is 5.69. The highest BCUT2D eigenvalue weighted by Gasteiger charge is 2.42. The second kappa shape index (κ2) is 10.1. The van der Waals surface area contributed by atoms with Gasteiger partial charge in [-0.15, -0.1) is 0 Å². The molecule has 1 saturated heterocycles. The zero-order valence-electron chi connectivity index (χ0n) is 21.1. The quantitative estimate of drug-likeness (QED) is 0.321. The molecular formula is C29H31N5OS. The van der Waals surface area contributed by atoms with E-state index < -0.39 is 0 Å². The Labute approximate surface area is 218 Å². The molecule has 1 N–H and O–H groups in total. The van der Waals surface area contributed by atoms with Gasteiger partial charge in [0.1, 0.15) is 5.75 Å². The first kappa shape index (κ1) is 24.0. The normalized spacial score (nSPS) is 17.5. The second-order valence-corrected chi connectivity index (χ2v) is 9.82. The lowest BCUT2D eigenvalue weighted by atomic mass is 9.96. The van der Waals surface area contributed by atoms with E-state index in [0.29, 0.717) is 5.11 Å². The van der Waals surface area contributed by atoms with Crippen LogP contribution in [-0.2, 0) is 6.54 Å². The zero-order valence-corrected chi connectivity index (χ0v) is 21.9. The Kier molecular flexibility index (Phi) is 6.74. The number of ether oxygens (including phenoxy) is 1. The largest absolute Gasteiger partial charge is 0.491 e. The van der Waals surface area contributed by atoms with E-state index in [2.05, 4.69) is 68.9 Å². The molecule has 1 aromatic carbocycles. The maximum Gasteiger partial charge on any atom is 0.174 e. The average molecular weight is 498 g/mol. The van der Waals surface area contributed by atoms with Gasteiger partial charge >= 0.3 is 0 Å². The maximum atomic E-state index is 5.91. The zero-order chi connectivity index (χ0) is 25.2. The van der Waals surface area contributed by atoms with Crippen molar-refractivity contribution in [3.8, 4) is 5.75 Å². The summed E-state index contributed by atoms with van der Waals surface area (Å²) >= 11 is 5.91. The van der Waals surface area contributed by atoms with Gasteiger partial charge in [0, 0.05) is 42.2 Å². The predicted molar refractivity (Wildman–Crippen MR) is 147 cm³/mol. The molecule has 1 aliphatic rings. The number of aryl methyl sites for hydroxylation is 1. The van der Waals surface area contributed by atoms with Gasteiger partial charge in [-0.05, 0) is 99.6 Å². The SMILES string of the molecule is Cc1cc(C2C(c3ccccn3)NC(=S)N2c2ccc(OC(C)C)cc2)c(C)n1Cc1cccnc1. The van der Waals surface area contributed by atoms with Gasteiger partial charge in [-0.3, -0.25) is 9.97 Å². The summed E-state index contributed by atoms with van der Waals surface area (Å²) in [7, 11) is 0. The van der Waals surface area contributed by atoms with Crippen LogP contribution in [0.25, 0.3) is 0 Å². The summed E-state index contributed by atoms with van der Waals surface area (Å²) in [5.74, 6) is 0.847. The number of hydrogen-bond donors (Lipinski definition) is 1. The molecule has 0 saturated carbocycles. The minimum Gasteiger partial charge on any atom is -0.491 e. The van der Waals surface area contributed by atoms with E-state index in [0.717, 1.165) is 23.7 Å². The molecule has 1 fully saturated rings. The van der Waals surface area contributed by atoms with Crippen molar-refractivity contribution in [1.29, 1.82) is 0 Å². The van der Waals surface area contributed by atoms with Crippen molar-refractivity contribution in [2.24, 2.45) is 0 Å². The highest BCUT2D eigenvalue weighted by atomic mass is 32.1. The molecule has 2 atom stereocenters. The minimum atomic E-state index is -0.0855. The number of anilines is 1. The summed E-state index contributed by atoms with van der Waals surface area (Å²) < 4.78 is 8.22. The Bertz CT molecular complexity index is 1340. The predicted octanol–water partition coefficient (Wildman–Crippen LogP) is 5.91. The van der Waals surface area contributed by atoms with E-state index >= 15 is 0 Å². The van der Waals surface area contributed by atoms with E-state index in [1.807, 2.05) is 62.8 Å². The summed E-state index contributed by atoms with van der Waals surface area (Å²) in [6.45, 7) is 9.18. The van der Waals surface area contributed by atoms with Crippen LogP contribution in [-0.4, -0.2) is 25.8 Å². The lowest BCUT2D eigenvalue weighted by Gasteiger charge is -2.28. The number of rotatable bonds is 7. The third kappa shape index (κ3) is 4.71. The van der Waals surface area contributed by atoms with Crippen molar-refractivity contribution in [3.63, 3.8) is 0 Å². The van der Waals surface area contributed by atoms with Crippen LogP contribution in [0.1, 0.15) is 54.1 Å². The summed E-state index contributed by atoms with van der Waals surface area (Å²) in [6, 6.07) is 20.4. The molecule has 3 aromatic heterocycles. The maximum absolute atomic E-state index is 5.91. The molecule has 4 aromatic rings. The highest BCUT2D eigenvalue weighted by molar-refractivity contribution is 7.80. The summed E-state index contributed by atoms with van der Waals surface area (Å²) in [5.41, 5.74) is 6.78. The Morgan fingerprint density at radius 1 is 1.03 bits per heavy atom. The first-order valence-corrected chi connectivity index (χ1v) is 12.7. The number of thiocarbonyl (C=S) groups is 1. The highest BCUT2D eigenvalue weighted by Crippen LogP contribution is 2.43. The average Bonchev–Trinajstić information content (AvgIpc) is 3.36. The Balaban J connectivity index is 1.57. The van der Waals surface area contributed by atoms with E-state index in [4.69, 9.17) is 17.0 Å². The number of hydrogen-bond acceptors (Lipinski definition) is 4. The second-order valence-electron chi connectivity index (χ2n) is 9.43. The number of aromatic nitrogens is 3. The molecule has 0 amide bonds. The first-order valence-electron chi connectivity index (χ1n) is 12.3. The molecule has 5 rings (SSSR count). The lowest BCUT2D eigenvalue weighted by Crippen LogP contribution is -2.29. The van der Waals surface area contributed by atoms with Crippen LogP contribution in [0.2, 0.25) is 0 Å².